The lowest BCUT2D eigenvalue weighted by Crippen LogP contribution is -2.26. The van der Waals surface area contributed by atoms with E-state index in [-0.39, 0.29) is 5.91 Å². The molecule has 20 heavy (non-hydrogen) atoms. The standard InChI is InChI=1S/C16H12N2OS/c1-18-12-8-4-5-9-13(12)20-15-10-6-2-3-7-11(10)17-14(15)16(18)19/h2-9,17H,1H3. The minimum absolute atomic E-state index is 0.00801. The lowest BCUT2D eigenvalue weighted by molar-refractivity contribution is 0.0986. The van der Waals surface area contributed by atoms with Crippen molar-refractivity contribution in [1.29, 1.82) is 0 Å². The van der Waals surface area contributed by atoms with E-state index >= 15 is 0 Å². The van der Waals surface area contributed by atoms with E-state index in [1.54, 1.807) is 16.7 Å². The summed E-state index contributed by atoms with van der Waals surface area (Å²) >= 11 is 1.65. The molecule has 3 aromatic rings. The number of H-pyrrole nitrogens is 1. The fraction of sp³-hybridized carbons (Fsp3) is 0.0625. The smallest absolute Gasteiger partial charge is 0.275 e. The summed E-state index contributed by atoms with van der Waals surface area (Å²) < 4.78 is 0. The van der Waals surface area contributed by atoms with Crippen LogP contribution < -0.4 is 4.90 Å². The third kappa shape index (κ3) is 1.51. The van der Waals surface area contributed by atoms with Crippen molar-refractivity contribution in [2.45, 2.75) is 9.79 Å². The number of aromatic nitrogens is 1. The lowest BCUT2D eigenvalue weighted by atomic mass is 10.2. The topological polar surface area (TPSA) is 36.1 Å². The van der Waals surface area contributed by atoms with Gasteiger partial charge in [0.1, 0.15) is 5.69 Å². The number of carbonyl (C=O) groups is 1. The maximum absolute atomic E-state index is 12.7. The van der Waals surface area contributed by atoms with Gasteiger partial charge < -0.3 is 9.88 Å². The lowest BCUT2D eigenvalue weighted by Gasteiger charge is -2.16. The molecule has 0 aliphatic carbocycles. The van der Waals surface area contributed by atoms with Crippen molar-refractivity contribution < 1.29 is 4.79 Å². The molecule has 2 heterocycles. The first-order chi connectivity index (χ1) is 9.75. The van der Waals surface area contributed by atoms with Crippen molar-refractivity contribution in [1.82, 2.24) is 4.98 Å². The Balaban J connectivity index is 2.04. The second-order valence-corrected chi connectivity index (χ2v) is 5.86. The van der Waals surface area contributed by atoms with Crippen LogP contribution in [0.1, 0.15) is 10.5 Å². The molecule has 3 nitrogen and oxygen atoms in total. The Bertz CT molecular complexity index is 837. The van der Waals surface area contributed by atoms with E-state index in [2.05, 4.69) is 17.1 Å². The first kappa shape index (κ1) is 11.6. The van der Waals surface area contributed by atoms with Gasteiger partial charge in [-0.15, -0.1) is 0 Å². The number of anilines is 1. The highest BCUT2D eigenvalue weighted by molar-refractivity contribution is 7.99. The van der Waals surface area contributed by atoms with Crippen LogP contribution in [-0.2, 0) is 0 Å². The molecule has 1 aliphatic rings. The van der Waals surface area contributed by atoms with E-state index in [4.69, 9.17) is 0 Å². The van der Waals surface area contributed by atoms with Gasteiger partial charge in [0.2, 0.25) is 0 Å². The zero-order valence-corrected chi connectivity index (χ0v) is 11.7. The molecule has 1 amide bonds. The van der Waals surface area contributed by atoms with Crippen molar-refractivity contribution in [2.24, 2.45) is 0 Å². The quantitative estimate of drug-likeness (QED) is 0.677. The van der Waals surface area contributed by atoms with Crippen LogP contribution in [0.2, 0.25) is 0 Å². The molecule has 0 atom stereocenters. The Morgan fingerprint density at radius 1 is 1.05 bits per heavy atom. The molecule has 1 N–H and O–H groups in total. The van der Waals surface area contributed by atoms with Crippen LogP contribution >= 0.6 is 11.8 Å². The Morgan fingerprint density at radius 3 is 2.70 bits per heavy atom. The Kier molecular flexibility index (Phi) is 2.41. The van der Waals surface area contributed by atoms with Crippen molar-refractivity contribution in [3.63, 3.8) is 0 Å². The van der Waals surface area contributed by atoms with E-state index < -0.39 is 0 Å². The van der Waals surface area contributed by atoms with Gasteiger partial charge in [-0.25, -0.2) is 0 Å². The third-order valence-electron chi connectivity index (χ3n) is 3.62. The summed E-state index contributed by atoms with van der Waals surface area (Å²) in [7, 11) is 1.82. The molecule has 0 bridgehead atoms. The average molecular weight is 280 g/mol. The number of amides is 1. The minimum Gasteiger partial charge on any atom is -0.350 e. The summed E-state index contributed by atoms with van der Waals surface area (Å²) in [5.41, 5.74) is 2.64. The number of fused-ring (bicyclic) bond motifs is 4. The van der Waals surface area contributed by atoms with Gasteiger partial charge in [0.05, 0.1) is 10.6 Å². The second kappa shape index (κ2) is 4.15. The molecule has 2 aromatic carbocycles. The number of hydrogen-bond acceptors (Lipinski definition) is 2. The first-order valence-corrected chi connectivity index (χ1v) is 7.23. The number of rotatable bonds is 0. The monoisotopic (exact) mass is 280 g/mol. The van der Waals surface area contributed by atoms with Gasteiger partial charge >= 0.3 is 0 Å². The second-order valence-electron chi connectivity index (χ2n) is 4.81. The summed E-state index contributed by atoms with van der Waals surface area (Å²) in [4.78, 5) is 19.7. The molecule has 0 saturated heterocycles. The number of benzene rings is 2. The molecule has 1 aliphatic heterocycles. The average Bonchev–Trinajstić information content (AvgIpc) is 2.81. The Labute approximate surface area is 120 Å². The molecule has 0 unspecified atom stereocenters. The molecule has 0 fully saturated rings. The van der Waals surface area contributed by atoms with Gasteiger partial charge in [0.15, 0.2) is 0 Å². The number of nitrogens with zero attached hydrogens (tertiary/aromatic N) is 1. The highest BCUT2D eigenvalue weighted by atomic mass is 32.2. The maximum atomic E-state index is 12.7. The van der Waals surface area contributed by atoms with E-state index in [1.165, 1.54) is 0 Å². The van der Waals surface area contributed by atoms with Crippen molar-refractivity contribution in [2.75, 3.05) is 11.9 Å². The number of hydrogen-bond donors (Lipinski definition) is 1. The largest absolute Gasteiger partial charge is 0.350 e. The minimum atomic E-state index is 0.00801. The van der Waals surface area contributed by atoms with Gasteiger partial charge in [-0.2, -0.15) is 0 Å². The van der Waals surface area contributed by atoms with Crippen molar-refractivity contribution in [3.05, 3.63) is 54.2 Å². The maximum Gasteiger partial charge on any atom is 0.275 e. The van der Waals surface area contributed by atoms with Gasteiger partial charge in [0.25, 0.3) is 5.91 Å². The molecule has 98 valence electrons. The molecule has 4 rings (SSSR count). The van der Waals surface area contributed by atoms with Crippen molar-refractivity contribution in [3.8, 4) is 0 Å². The highest BCUT2D eigenvalue weighted by Gasteiger charge is 2.27. The molecule has 0 spiro atoms. The van der Waals surface area contributed by atoms with Crippen LogP contribution in [0.5, 0.6) is 0 Å². The fourth-order valence-electron chi connectivity index (χ4n) is 2.58. The van der Waals surface area contributed by atoms with E-state index in [1.807, 2.05) is 43.4 Å². The molecule has 4 heteroatoms. The normalized spacial score (nSPS) is 14.1. The van der Waals surface area contributed by atoms with Gasteiger partial charge in [-0.1, -0.05) is 42.1 Å². The summed E-state index contributed by atoms with van der Waals surface area (Å²) in [6, 6.07) is 16.0. The summed E-state index contributed by atoms with van der Waals surface area (Å²) in [5, 5.41) is 1.10. The summed E-state index contributed by atoms with van der Waals surface area (Å²) in [6.07, 6.45) is 0. The first-order valence-electron chi connectivity index (χ1n) is 6.41. The van der Waals surface area contributed by atoms with E-state index in [0.29, 0.717) is 5.69 Å². The van der Waals surface area contributed by atoms with Crippen molar-refractivity contribution >= 4 is 34.3 Å². The number of aromatic amines is 1. The highest BCUT2D eigenvalue weighted by Crippen LogP contribution is 2.43. The van der Waals surface area contributed by atoms with Crippen LogP contribution in [0, 0.1) is 0 Å². The number of nitrogens with one attached hydrogen (secondary N) is 1. The van der Waals surface area contributed by atoms with Gasteiger partial charge in [0, 0.05) is 22.8 Å². The van der Waals surface area contributed by atoms with Gasteiger partial charge in [-0.05, 0) is 18.2 Å². The fourth-order valence-corrected chi connectivity index (χ4v) is 3.78. The Hall–Kier alpha value is -2.20. The third-order valence-corrected chi connectivity index (χ3v) is 4.81. The molecule has 0 saturated carbocycles. The molecule has 0 radical (unpaired) electrons. The summed E-state index contributed by atoms with van der Waals surface area (Å²) in [6.45, 7) is 0. The van der Waals surface area contributed by atoms with Crippen LogP contribution in [0.4, 0.5) is 5.69 Å². The zero-order valence-electron chi connectivity index (χ0n) is 10.9. The van der Waals surface area contributed by atoms with E-state index in [0.717, 1.165) is 26.4 Å². The SMILES string of the molecule is CN1C(=O)c2[nH]c3ccccc3c2Sc2ccccc21. The van der Waals surface area contributed by atoms with E-state index in [9.17, 15) is 4.79 Å². The van der Waals surface area contributed by atoms with Gasteiger partial charge in [-0.3, -0.25) is 4.79 Å². The molecular formula is C16H12N2OS. The number of carbonyl (C=O) groups excluding carboxylic acids is 1. The van der Waals surface area contributed by atoms with Crippen LogP contribution in [0.15, 0.2) is 58.3 Å². The van der Waals surface area contributed by atoms with Crippen LogP contribution in [0.3, 0.4) is 0 Å². The Morgan fingerprint density at radius 2 is 1.80 bits per heavy atom. The number of para-hydroxylation sites is 2. The molecular weight excluding hydrogens is 268 g/mol. The molecule has 1 aromatic heterocycles. The van der Waals surface area contributed by atoms with Crippen LogP contribution in [0.25, 0.3) is 10.9 Å². The summed E-state index contributed by atoms with van der Waals surface area (Å²) in [5.74, 6) is 0.00801. The zero-order chi connectivity index (χ0) is 13.7. The predicted molar refractivity (Wildman–Crippen MR) is 81.6 cm³/mol. The predicted octanol–water partition coefficient (Wildman–Crippen LogP) is 3.91. The van der Waals surface area contributed by atoms with Crippen LogP contribution in [-0.4, -0.2) is 17.9 Å².